The van der Waals surface area contributed by atoms with Gasteiger partial charge in [0.05, 0.1) is 0 Å². The molecule has 1 aliphatic heterocycles. The summed E-state index contributed by atoms with van der Waals surface area (Å²) in [5, 5.41) is 11.5. The molecule has 0 radical (unpaired) electrons. The monoisotopic (exact) mass is 273 g/mol. The first-order chi connectivity index (χ1) is 9.81. The highest BCUT2D eigenvalue weighted by molar-refractivity contribution is 5.27. The van der Waals surface area contributed by atoms with Crippen molar-refractivity contribution in [3.05, 3.63) is 41.6 Å². The van der Waals surface area contributed by atoms with Gasteiger partial charge in [-0.1, -0.05) is 12.1 Å². The lowest BCUT2D eigenvalue weighted by molar-refractivity contribution is 0.253. The molecule has 1 aromatic carbocycles. The van der Waals surface area contributed by atoms with Crippen LogP contribution in [0.3, 0.4) is 0 Å². The molecule has 3 rings (SSSR count). The van der Waals surface area contributed by atoms with Crippen LogP contribution in [0.2, 0.25) is 0 Å². The summed E-state index contributed by atoms with van der Waals surface area (Å²) in [4.78, 5) is 0. The predicted molar refractivity (Wildman–Crippen MR) is 74.7 cm³/mol. The number of nitrogens with zero attached hydrogens (tertiary/aromatic N) is 2. The fraction of sp³-hybridized carbons (Fsp3) is 0.467. The van der Waals surface area contributed by atoms with Gasteiger partial charge in [0.25, 0.3) is 5.89 Å². The molecule has 1 aromatic heterocycles. The van der Waals surface area contributed by atoms with Gasteiger partial charge in [-0.25, -0.2) is 0 Å². The van der Waals surface area contributed by atoms with Crippen LogP contribution in [-0.2, 0) is 6.61 Å². The second-order valence-corrected chi connectivity index (χ2v) is 5.18. The number of rotatable bonds is 4. The van der Waals surface area contributed by atoms with Gasteiger partial charge in [0.15, 0.2) is 6.61 Å². The van der Waals surface area contributed by atoms with Crippen molar-refractivity contribution in [2.24, 2.45) is 0 Å². The van der Waals surface area contributed by atoms with Gasteiger partial charge in [0.2, 0.25) is 5.89 Å². The molecule has 0 amide bonds. The Morgan fingerprint density at radius 3 is 3.15 bits per heavy atom. The van der Waals surface area contributed by atoms with Crippen LogP contribution < -0.4 is 10.1 Å². The highest BCUT2D eigenvalue weighted by atomic mass is 16.5. The number of benzene rings is 1. The Kier molecular flexibility index (Phi) is 3.97. The van der Waals surface area contributed by atoms with Crippen molar-refractivity contribution >= 4 is 0 Å². The van der Waals surface area contributed by atoms with Crippen molar-refractivity contribution in [3.8, 4) is 5.75 Å². The number of hydrogen-bond acceptors (Lipinski definition) is 5. The number of aromatic nitrogens is 2. The second-order valence-electron chi connectivity index (χ2n) is 5.18. The number of nitrogens with one attached hydrogen (secondary N) is 1. The van der Waals surface area contributed by atoms with Crippen LogP contribution in [0.1, 0.15) is 36.1 Å². The van der Waals surface area contributed by atoms with E-state index in [1.165, 1.54) is 5.56 Å². The highest BCUT2D eigenvalue weighted by Gasteiger charge is 2.21. The van der Waals surface area contributed by atoms with E-state index in [0.29, 0.717) is 18.4 Å². The predicted octanol–water partition coefficient (Wildman–Crippen LogP) is 2.42. The van der Waals surface area contributed by atoms with E-state index in [0.717, 1.165) is 37.6 Å². The molecular formula is C15H19N3O2. The Balaban J connectivity index is 1.59. The Morgan fingerprint density at radius 2 is 2.35 bits per heavy atom. The molecule has 1 saturated heterocycles. The van der Waals surface area contributed by atoms with E-state index < -0.39 is 0 Å². The van der Waals surface area contributed by atoms with Crippen LogP contribution in [-0.4, -0.2) is 23.3 Å². The van der Waals surface area contributed by atoms with Crippen molar-refractivity contribution in [1.29, 1.82) is 0 Å². The topological polar surface area (TPSA) is 60.2 Å². The lowest BCUT2D eigenvalue weighted by Crippen LogP contribution is -2.28. The quantitative estimate of drug-likeness (QED) is 0.927. The van der Waals surface area contributed by atoms with Gasteiger partial charge < -0.3 is 14.5 Å². The van der Waals surface area contributed by atoms with Crippen LogP contribution in [0.4, 0.5) is 0 Å². The Hall–Kier alpha value is -1.88. The van der Waals surface area contributed by atoms with Gasteiger partial charge in [-0.05, 0) is 44.0 Å². The standard InChI is InChI=1S/C15H19N3O2/c1-11-4-2-6-13(8-11)19-10-14-17-18-15(20-14)12-5-3-7-16-9-12/h2,4,6,8,12,16H,3,5,7,9-10H2,1H3. The molecule has 106 valence electrons. The fourth-order valence-corrected chi connectivity index (χ4v) is 2.40. The van der Waals surface area contributed by atoms with Crippen LogP contribution in [0, 0.1) is 6.92 Å². The van der Waals surface area contributed by atoms with Crippen LogP contribution >= 0.6 is 0 Å². The molecule has 5 heteroatoms. The van der Waals surface area contributed by atoms with E-state index in [4.69, 9.17) is 9.15 Å². The molecule has 2 heterocycles. The van der Waals surface area contributed by atoms with Crippen molar-refractivity contribution in [2.75, 3.05) is 13.1 Å². The lowest BCUT2D eigenvalue weighted by atomic mass is 10.00. The summed E-state index contributed by atoms with van der Waals surface area (Å²) in [6.45, 7) is 4.35. The van der Waals surface area contributed by atoms with E-state index >= 15 is 0 Å². The number of ether oxygens (including phenoxy) is 1. The van der Waals surface area contributed by atoms with Crippen LogP contribution in [0.25, 0.3) is 0 Å². The first-order valence-corrected chi connectivity index (χ1v) is 7.04. The Bertz CT molecular complexity index is 562. The maximum atomic E-state index is 5.69. The zero-order chi connectivity index (χ0) is 13.8. The molecule has 2 aromatic rings. The minimum atomic E-state index is 0.316. The zero-order valence-electron chi connectivity index (χ0n) is 11.6. The normalized spacial score (nSPS) is 18.9. The largest absolute Gasteiger partial charge is 0.484 e. The maximum Gasteiger partial charge on any atom is 0.253 e. The molecule has 1 fully saturated rings. The summed E-state index contributed by atoms with van der Waals surface area (Å²) >= 11 is 0. The van der Waals surface area contributed by atoms with E-state index in [1.807, 2.05) is 31.2 Å². The maximum absolute atomic E-state index is 5.69. The van der Waals surface area contributed by atoms with Crippen molar-refractivity contribution < 1.29 is 9.15 Å². The van der Waals surface area contributed by atoms with E-state index in [2.05, 4.69) is 15.5 Å². The van der Waals surface area contributed by atoms with Gasteiger partial charge in [-0.2, -0.15) is 0 Å². The zero-order valence-corrected chi connectivity index (χ0v) is 11.6. The summed E-state index contributed by atoms with van der Waals surface area (Å²) in [6, 6.07) is 7.92. The van der Waals surface area contributed by atoms with Crippen LogP contribution in [0.15, 0.2) is 28.7 Å². The summed E-state index contributed by atoms with van der Waals surface area (Å²) in [5.74, 6) is 2.42. The third kappa shape index (κ3) is 3.17. The van der Waals surface area contributed by atoms with E-state index in [-0.39, 0.29) is 0 Å². The fourth-order valence-electron chi connectivity index (χ4n) is 2.40. The third-order valence-electron chi connectivity index (χ3n) is 3.48. The van der Waals surface area contributed by atoms with E-state index in [9.17, 15) is 0 Å². The Morgan fingerprint density at radius 1 is 1.40 bits per heavy atom. The number of piperidine rings is 1. The summed E-state index contributed by atoms with van der Waals surface area (Å²) in [7, 11) is 0. The molecule has 20 heavy (non-hydrogen) atoms. The molecule has 0 aliphatic carbocycles. The summed E-state index contributed by atoms with van der Waals surface area (Å²) in [6.07, 6.45) is 2.26. The third-order valence-corrected chi connectivity index (χ3v) is 3.48. The average Bonchev–Trinajstić information content (AvgIpc) is 2.95. The van der Waals surface area contributed by atoms with Crippen molar-refractivity contribution in [1.82, 2.24) is 15.5 Å². The van der Waals surface area contributed by atoms with Crippen molar-refractivity contribution in [3.63, 3.8) is 0 Å². The van der Waals surface area contributed by atoms with Gasteiger partial charge in [0.1, 0.15) is 5.75 Å². The number of aryl methyl sites for hydroxylation is 1. The molecule has 1 unspecified atom stereocenters. The molecule has 0 saturated carbocycles. The smallest absolute Gasteiger partial charge is 0.253 e. The number of hydrogen-bond donors (Lipinski definition) is 1. The molecular weight excluding hydrogens is 254 g/mol. The first-order valence-electron chi connectivity index (χ1n) is 7.04. The lowest BCUT2D eigenvalue weighted by Gasteiger charge is -2.18. The van der Waals surface area contributed by atoms with Crippen LogP contribution in [0.5, 0.6) is 5.75 Å². The van der Waals surface area contributed by atoms with E-state index in [1.54, 1.807) is 0 Å². The van der Waals surface area contributed by atoms with Crippen molar-refractivity contribution in [2.45, 2.75) is 32.3 Å². The molecule has 1 N–H and O–H groups in total. The highest BCUT2D eigenvalue weighted by Crippen LogP contribution is 2.22. The van der Waals surface area contributed by atoms with Gasteiger partial charge in [-0.3, -0.25) is 0 Å². The molecule has 5 nitrogen and oxygen atoms in total. The SMILES string of the molecule is Cc1cccc(OCc2nnc(C3CCCNC3)o2)c1. The van der Waals surface area contributed by atoms with Gasteiger partial charge in [0, 0.05) is 12.5 Å². The minimum Gasteiger partial charge on any atom is -0.484 e. The minimum absolute atomic E-state index is 0.316. The molecule has 0 spiro atoms. The second kappa shape index (κ2) is 6.05. The molecule has 1 aliphatic rings. The summed E-state index contributed by atoms with van der Waals surface area (Å²) < 4.78 is 11.3. The Labute approximate surface area is 118 Å². The first kappa shape index (κ1) is 13.1. The molecule has 0 bridgehead atoms. The van der Waals surface area contributed by atoms with Gasteiger partial charge in [-0.15, -0.1) is 10.2 Å². The summed E-state index contributed by atoms with van der Waals surface area (Å²) in [5.41, 5.74) is 1.17. The molecule has 1 atom stereocenters. The average molecular weight is 273 g/mol. The van der Waals surface area contributed by atoms with Gasteiger partial charge >= 0.3 is 0 Å².